The van der Waals surface area contributed by atoms with Crippen LogP contribution >= 0.6 is 11.8 Å². The fraction of sp³-hybridized carbons (Fsp3) is 0.375. The average molecular weight is 432 g/mol. The van der Waals surface area contributed by atoms with E-state index in [4.69, 9.17) is 4.98 Å². The highest BCUT2D eigenvalue weighted by Gasteiger charge is 2.37. The van der Waals surface area contributed by atoms with Gasteiger partial charge in [-0.25, -0.2) is 9.97 Å². The Morgan fingerprint density at radius 1 is 1.00 bits per heavy atom. The first kappa shape index (κ1) is 18.9. The third kappa shape index (κ3) is 3.31. The Kier molecular flexibility index (Phi) is 4.52. The Hall–Kier alpha value is -2.80. The molecule has 1 aliphatic heterocycles. The smallest absolute Gasteiger partial charge is 0.249 e. The monoisotopic (exact) mass is 431 g/mol. The molecule has 1 aliphatic carbocycles. The summed E-state index contributed by atoms with van der Waals surface area (Å²) in [6, 6.07) is 9.55. The molecule has 7 heteroatoms. The van der Waals surface area contributed by atoms with Crippen molar-refractivity contribution < 1.29 is 0 Å². The largest absolute Gasteiger partial charge is 0.342 e. The summed E-state index contributed by atoms with van der Waals surface area (Å²) in [5.74, 6) is 0.973. The van der Waals surface area contributed by atoms with Crippen LogP contribution in [0.5, 0.6) is 0 Å². The highest BCUT2D eigenvalue weighted by molar-refractivity contribution is 7.99. The predicted molar refractivity (Wildman–Crippen MR) is 124 cm³/mol. The van der Waals surface area contributed by atoms with Crippen LogP contribution in [-0.4, -0.2) is 32.4 Å². The number of benzene rings is 1. The predicted octanol–water partition coefficient (Wildman–Crippen LogP) is 4.88. The number of para-hydroxylation sites is 1. The third-order valence-electron chi connectivity index (χ3n) is 7.08. The van der Waals surface area contributed by atoms with Crippen molar-refractivity contribution in [3.05, 3.63) is 59.3 Å². The van der Waals surface area contributed by atoms with Crippen molar-refractivity contribution in [1.82, 2.24) is 19.4 Å². The quantitative estimate of drug-likeness (QED) is 0.501. The molecule has 4 heterocycles. The summed E-state index contributed by atoms with van der Waals surface area (Å²) in [5, 5.41) is 1.03. The number of nitrogens with one attached hydrogen (secondary N) is 1. The molecule has 0 unspecified atom stereocenters. The second-order valence-corrected chi connectivity index (χ2v) is 9.97. The molecule has 6 rings (SSSR count). The van der Waals surface area contributed by atoms with Gasteiger partial charge < -0.3 is 9.88 Å². The second kappa shape index (κ2) is 7.41. The molecule has 31 heavy (non-hydrogen) atoms. The molecule has 1 saturated heterocycles. The minimum atomic E-state index is -0.0979. The number of hydrogen-bond acceptors (Lipinski definition) is 5. The topological polar surface area (TPSA) is 66.3 Å². The van der Waals surface area contributed by atoms with E-state index in [9.17, 15) is 4.79 Å². The van der Waals surface area contributed by atoms with Gasteiger partial charge >= 0.3 is 0 Å². The Bertz CT molecular complexity index is 1310. The van der Waals surface area contributed by atoms with E-state index in [1.54, 1.807) is 17.8 Å². The maximum absolute atomic E-state index is 12.2. The van der Waals surface area contributed by atoms with Crippen LogP contribution in [0, 0.1) is 5.41 Å². The molecule has 1 N–H and O–H groups in total. The molecule has 158 valence electrons. The van der Waals surface area contributed by atoms with Gasteiger partial charge in [-0.05, 0) is 37.2 Å². The lowest BCUT2D eigenvalue weighted by molar-refractivity contribution is 0.225. The van der Waals surface area contributed by atoms with Crippen LogP contribution in [0.3, 0.4) is 0 Å². The van der Waals surface area contributed by atoms with Crippen molar-refractivity contribution in [1.29, 1.82) is 0 Å². The number of anilines is 1. The van der Waals surface area contributed by atoms with Crippen molar-refractivity contribution in [3.8, 4) is 0 Å². The summed E-state index contributed by atoms with van der Waals surface area (Å²) in [5.41, 5.74) is 2.22. The van der Waals surface area contributed by atoms with E-state index >= 15 is 0 Å². The summed E-state index contributed by atoms with van der Waals surface area (Å²) in [6.45, 7) is 2.12. The zero-order valence-corrected chi connectivity index (χ0v) is 18.2. The normalized spacial score (nSPS) is 18.4. The molecule has 4 aromatic rings. The molecule has 1 aromatic carbocycles. The first-order valence-electron chi connectivity index (χ1n) is 11.1. The van der Waals surface area contributed by atoms with Crippen molar-refractivity contribution in [2.24, 2.45) is 5.41 Å². The van der Waals surface area contributed by atoms with E-state index in [-0.39, 0.29) is 5.56 Å². The first-order chi connectivity index (χ1) is 15.2. The molecule has 2 aliphatic rings. The van der Waals surface area contributed by atoms with Crippen LogP contribution in [-0.2, 0) is 0 Å². The molecule has 6 nitrogen and oxygen atoms in total. The summed E-state index contributed by atoms with van der Waals surface area (Å²) in [4.78, 5) is 28.8. The average Bonchev–Trinajstić information content (AvgIpc) is 3.45. The number of nitrogens with zero attached hydrogens (tertiary/aromatic N) is 4. The van der Waals surface area contributed by atoms with Gasteiger partial charge in [0.15, 0.2) is 5.65 Å². The zero-order chi connectivity index (χ0) is 20.8. The number of rotatable bonds is 3. The van der Waals surface area contributed by atoms with Crippen LogP contribution in [0.1, 0.15) is 38.5 Å². The van der Waals surface area contributed by atoms with Gasteiger partial charge in [0.25, 0.3) is 0 Å². The lowest BCUT2D eigenvalue weighted by Crippen LogP contribution is -2.40. The minimum Gasteiger partial charge on any atom is -0.342 e. The van der Waals surface area contributed by atoms with Crippen LogP contribution in [0.25, 0.3) is 16.6 Å². The Morgan fingerprint density at radius 2 is 1.81 bits per heavy atom. The number of imidazole rings is 1. The molecule has 0 amide bonds. The van der Waals surface area contributed by atoms with Crippen molar-refractivity contribution in [3.63, 3.8) is 0 Å². The van der Waals surface area contributed by atoms with Gasteiger partial charge in [-0.2, -0.15) is 0 Å². The van der Waals surface area contributed by atoms with Gasteiger partial charge in [0.2, 0.25) is 11.5 Å². The highest BCUT2D eigenvalue weighted by atomic mass is 32.2. The summed E-state index contributed by atoms with van der Waals surface area (Å²) < 4.78 is 2.10. The number of piperidine rings is 1. The Labute approximate surface area is 184 Å². The zero-order valence-electron chi connectivity index (χ0n) is 17.4. The van der Waals surface area contributed by atoms with Crippen molar-refractivity contribution in [2.45, 2.75) is 48.3 Å². The maximum Gasteiger partial charge on any atom is 0.249 e. The van der Waals surface area contributed by atoms with Gasteiger partial charge in [0.1, 0.15) is 0 Å². The SMILES string of the molecule is O=c1cc(Sc2cnc(N3CCC4(CCCC4)CC3)n3ccnc23)c2ccccc2[nH]1. The van der Waals surface area contributed by atoms with E-state index in [1.165, 1.54) is 38.5 Å². The summed E-state index contributed by atoms with van der Waals surface area (Å²) in [7, 11) is 0. The van der Waals surface area contributed by atoms with Crippen LogP contribution < -0.4 is 10.5 Å². The number of H-pyrrole nitrogens is 1. The van der Waals surface area contributed by atoms with Crippen molar-refractivity contribution in [2.75, 3.05) is 18.0 Å². The van der Waals surface area contributed by atoms with Crippen molar-refractivity contribution >= 4 is 34.3 Å². The number of fused-ring (bicyclic) bond motifs is 2. The maximum atomic E-state index is 12.2. The highest BCUT2D eigenvalue weighted by Crippen LogP contribution is 2.46. The number of aromatic amines is 1. The fourth-order valence-electron chi connectivity index (χ4n) is 5.37. The van der Waals surface area contributed by atoms with E-state index in [1.807, 2.05) is 42.9 Å². The van der Waals surface area contributed by atoms with Gasteiger partial charge in [-0.15, -0.1) is 0 Å². The molecule has 0 atom stereocenters. The van der Waals surface area contributed by atoms with Gasteiger partial charge in [-0.1, -0.05) is 42.8 Å². The second-order valence-electron chi connectivity index (χ2n) is 8.88. The van der Waals surface area contributed by atoms with Gasteiger partial charge in [0, 0.05) is 53.5 Å². The summed E-state index contributed by atoms with van der Waals surface area (Å²) in [6.07, 6.45) is 13.9. The Morgan fingerprint density at radius 3 is 2.65 bits per heavy atom. The van der Waals surface area contributed by atoms with E-state index in [2.05, 4.69) is 19.3 Å². The molecule has 3 aromatic heterocycles. The van der Waals surface area contributed by atoms with Gasteiger partial charge in [0.05, 0.1) is 4.90 Å². The number of aromatic nitrogens is 4. The molecular weight excluding hydrogens is 406 g/mol. The lowest BCUT2D eigenvalue weighted by atomic mass is 9.77. The summed E-state index contributed by atoms with van der Waals surface area (Å²) >= 11 is 1.55. The lowest BCUT2D eigenvalue weighted by Gasteiger charge is -2.39. The molecular formula is C24H25N5OS. The third-order valence-corrected chi connectivity index (χ3v) is 8.14. The molecule has 0 bridgehead atoms. The molecule has 1 saturated carbocycles. The number of hydrogen-bond donors (Lipinski definition) is 1. The Balaban J connectivity index is 1.33. The molecule has 0 radical (unpaired) electrons. The molecule has 1 spiro atoms. The van der Waals surface area contributed by atoms with E-state index in [0.717, 1.165) is 45.4 Å². The molecule has 2 fully saturated rings. The first-order valence-corrected chi connectivity index (χ1v) is 11.9. The minimum absolute atomic E-state index is 0.0979. The van der Waals surface area contributed by atoms with Gasteiger partial charge in [-0.3, -0.25) is 9.20 Å². The van der Waals surface area contributed by atoms with E-state index < -0.39 is 0 Å². The van der Waals surface area contributed by atoms with Crippen LogP contribution in [0.4, 0.5) is 5.95 Å². The van der Waals surface area contributed by atoms with Crippen LogP contribution in [0.2, 0.25) is 0 Å². The fourth-order valence-corrected chi connectivity index (χ4v) is 6.41. The van der Waals surface area contributed by atoms with Crippen LogP contribution in [0.15, 0.2) is 63.5 Å². The number of pyridine rings is 1. The standard InChI is InChI=1S/C24H25N5OS/c30-21-15-19(17-5-1-2-6-18(17)27-21)31-20-16-26-23(29-14-11-25-22(20)29)28-12-9-24(10-13-28)7-3-4-8-24/h1-2,5-6,11,14-16H,3-4,7-10,12-13H2,(H,27,30). The van der Waals surface area contributed by atoms with E-state index in [0.29, 0.717) is 5.41 Å².